The molecule has 3 aromatic rings. The number of nitrogens with zero attached hydrogens (tertiary/aromatic N) is 3. The van der Waals surface area contributed by atoms with Gasteiger partial charge in [-0.15, -0.1) is 0 Å². The van der Waals surface area contributed by atoms with E-state index in [1.165, 1.54) is 0 Å². The van der Waals surface area contributed by atoms with Crippen LogP contribution < -0.4 is 19.5 Å². The molecule has 0 aliphatic carbocycles. The van der Waals surface area contributed by atoms with Crippen molar-refractivity contribution in [1.29, 1.82) is 0 Å². The van der Waals surface area contributed by atoms with E-state index in [1.807, 2.05) is 73.3 Å². The molecular weight excluding hydrogens is 476 g/mol. The average Bonchev–Trinajstić information content (AvgIpc) is 3.47. The highest BCUT2D eigenvalue weighted by Crippen LogP contribution is 2.29. The quantitative estimate of drug-likeness (QED) is 0.311. The lowest BCUT2D eigenvalue weighted by atomic mass is 10.1. The van der Waals surface area contributed by atoms with Gasteiger partial charge in [0.15, 0.2) is 16.6 Å². The van der Waals surface area contributed by atoms with Gasteiger partial charge in [-0.25, -0.2) is 0 Å². The zero-order valence-corrected chi connectivity index (χ0v) is 21.5. The lowest BCUT2D eigenvalue weighted by molar-refractivity contribution is -0.122. The normalized spacial score (nSPS) is 14.3. The Hall–Kier alpha value is -3.85. The van der Waals surface area contributed by atoms with Gasteiger partial charge < -0.3 is 19.5 Å². The van der Waals surface area contributed by atoms with Crippen molar-refractivity contribution < 1.29 is 19.0 Å². The molecule has 4 rings (SSSR count). The molecule has 2 heterocycles. The van der Waals surface area contributed by atoms with Crippen LogP contribution in [0, 0.1) is 0 Å². The summed E-state index contributed by atoms with van der Waals surface area (Å²) >= 11 is 5.47. The topological polar surface area (TPSA) is 77.8 Å². The van der Waals surface area contributed by atoms with Crippen molar-refractivity contribution in [2.45, 2.75) is 26.8 Å². The highest BCUT2D eigenvalue weighted by molar-refractivity contribution is 7.80. The molecule has 188 valence electrons. The predicted octanol–water partition coefficient (Wildman–Crippen LogP) is 4.04. The summed E-state index contributed by atoms with van der Waals surface area (Å²) in [7, 11) is 1.64. The minimum atomic E-state index is -0.152. The SMILES string of the molecule is CCOc1ccc(CCN2C(=O)/C(=C\c3ccc(OC)c(Cn4cccn4)c3)NC2=S)cc1OCC. The third-order valence-corrected chi connectivity index (χ3v) is 6.02. The maximum Gasteiger partial charge on any atom is 0.276 e. The standard InChI is InChI=1S/C27H30N4O4S/c1-4-34-24-10-7-19(17-25(24)35-5-2)11-14-31-26(32)22(29-27(31)36)16-20-8-9-23(33-3)21(15-20)18-30-13-6-12-28-30/h6-10,12-13,15-17H,4-5,11,14,18H2,1-3H3,(H,29,36)/b22-16+. The van der Waals surface area contributed by atoms with E-state index < -0.39 is 0 Å². The fourth-order valence-corrected chi connectivity index (χ4v) is 4.30. The van der Waals surface area contributed by atoms with Gasteiger partial charge in [-0.1, -0.05) is 12.1 Å². The molecule has 1 saturated heterocycles. The maximum atomic E-state index is 13.1. The molecule has 1 N–H and O–H groups in total. The Morgan fingerprint density at radius 3 is 2.56 bits per heavy atom. The summed E-state index contributed by atoms with van der Waals surface area (Å²) in [6, 6.07) is 13.5. The lowest BCUT2D eigenvalue weighted by Gasteiger charge is -2.16. The first-order valence-electron chi connectivity index (χ1n) is 11.9. The maximum absolute atomic E-state index is 13.1. The van der Waals surface area contributed by atoms with Gasteiger partial charge >= 0.3 is 0 Å². The minimum Gasteiger partial charge on any atom is -0.496 e. The third kappa shape index (κ3) is 5.85. The lowest BCUT2D eigenvalue weighted by Crippen LogP contribution is -2.32. The molecule has 1 fully saturated rings. The number of nitrogens with one attached hydrogen (secondary N) is 1. The van der Waals surface area contributed by atoms with Crippen molar-refractivity contribution in [1.82, 2.24) is 20.0 Å². The van der Waals surface area contributed by atoms with Gasteiger partial charge in [-0.3, -0.25) is 14.4 Å². The molecule has 36 heavy (non-hydrogen) atoms. The second kappa shape index (κ2) is 11.7. The van der Waals surface area contributed by atoms with Crippen LogP contribution in [0.15, 0.2) is 60.6 Å². The van der Waals surface area contributed by atoms with Crippen molar-refractivity contribution in [3.8, 4) is 17.2 Å². The minimum absolute atomic E-state index is 0.152. The number of aromatic nitrogens is 2. The summed E-state index contributed by atoms with van der Waals surface area (Å²) in [5.41, 5.74) is 3.30. The van der Waals surface area contributed by atoms with Crippen LogP contribution in [0.5, 0.6) is 17.2 Å². The van der Waals surface area contributed by atoms with E-state index in [1.54, 1.807) is 18.2 Å². The predicted molar refractivity (Wildman–Crippen MR) is 142 cm³/mol. The monoisotopic (exact) mass is 506 g/mol. The first-order chi connectivity index (χ1) is 17.5. The van der Waals surface area contributed by atoms with Crippen molar-refractivity contribution in [3.63, 3.8) is 0 Å². The highest BCUT2D eigenvalue weighted by Gasteiger charge is 2.30. The Morgan fingerprint density at radius 2 is 1.83 bits per heavy atom. The molecule has 2 aromatic carbocycles. The van der Waals surface area contributed by atoms with Crippen LogP contribution in [-0.4, -0.2) is 52.6 Å². The van der Waals surface area contributed by atoms with E-state index in [9.17, 15) is 4.79 Å². The molecule has 0 radical (unpaired) electrons. The molecule has 9 heteroatoms. The van der Waals surface area contributed by atoms with Gasteiger partial charge in [0.25, 0.3) is 5.91 Å². The van der Waals surface area contributed by atoms with E-state index in [4.69, 9.17) is 26.4 Å². The number of thiocarbonyl (C=S) groups is 1. The summed E-state index contributed by atoms with van der Waals surface area (Å²) in [4.78, 5) is 14.7. The van der Waals surface area contributed by atoms with Crippen LogP contribution in [-0.2, 0) is 17.8 Å². The van der Waals surface area contributed by atoms with Crippen LogP contribution in [0.3, 0.4) is 0 Å². The summed E-state index contributed by atoms with van der Waals surface area (Å²) in [6.07, 6.45) is 6.07. The van der Waals surface area contributed by atoms with Crippen LogP contribution in [0.2, 0.25) is 0 Å². The summed E-state index contributed by atoms with van der Waals surface area (Å²) in [6.45, 7) is 6.00. The van der Waals surface area contributed by atoms with Crippen LogP contribution in [0.25, 0.3) is 6.08 Å². The summed E-state index contributed by atoms with van der Waals surface area (Å²) in [5.74, 6) is 2.03. The number of hydrogen-bond acceptors (Lipinski definition) is 6. The number of ether oxygens (including phenoxy) is 3. The molecule has 8 nitrogen and oxygen atoms in total. The summed E-state index contributed by atoms with van der Waals surface area (Å²) in [5, 5.41) is 7.73. The number of methoxy groups -OCH3 is 1. The van der Waals surface area contributed by atoms with Crippen LogP contribution >= 0.6 is 12.2 Å². The van der Waals surface area contributed by atoms with E-state index >= 15 is 0 Å². The van der Waals surface area contributed by atoms with Gasteiger partial charge in [-0.05, 0) is 80.0 Å². The Labute approximate surface area is 216 Å². The van der Waals surface area contributed by atoms with Crippen molar-refractivity contribution in [3.05, 3.63) is 77.2 Å². The molecule has 1 aliphatic heterocycles. The molecular formula is C27H30N4O4S. The van der Waals surface area contributed by atoms with Gasteiger partial charge in [0.1, 0.15) is 11.4 Å². The molecule has 0 atom stereocenters. The Kier molecular flexibility index (Phi) is 8.22. The zero-order chi connectivity index (χ0) is 25.5. The van der Waals surface area contributed by atoms with Crippen LogP contribution in [0.4, 0.5) is 0 Å². The van der Waals surface area contributed by atoms with Crippen molar-refractivity contribution in [2.24, 2.45) is 0 Å². The molecule has 1 aromatic heterocycles. The number of amides is 1. The number of rotatable bonds is 11. The first kappa shape index (κ1) is 25.2. The van der Waals surface area contributed by atoms with Gasteiger partial charge in [-0.2, -0.15) is 5.10 Å². The first-order valence-corrected chi connectivity index (χ1v) is 12.3. The fraction of sp³-hybridized carbons (Fsp3) is 0.296. The van der Waals surface area contributed by atoms with Gasteiger partial charge in [0.05, 0.1) is 26.9 Å². The Bertz CT molecular complexity index is 1260. The smallest absolute Gasteiger partial charge is 0.276 e. The Morgan fingerprint density at radius 1 is 1.06 bits per heavy atom. The third-order valence-electron chi connectivity index (χ3n) is 5.70. The average molecular weight is 507 g/mol. The van der Waals surface area contributed by atoms with Gasteiger partial charge in [0.2, 0.25) is 0 Å². The van der Waals surface area contributed by atoms with E-state index in [2.05, 4.69) is 10.4 Å². The molecule has 0 unspecified atom stereocenters. The highest BCUT2D eigenvalue weighted by atomic mass is 32.1. The second-order valence-corrected chi connectivity index (χ2v) is 8.50. The summed E-state index contributed by atoms with van der Waals surface area (Å²) < 4.78 is 18.7. The van der Waals surface area contributed by atoms with E-state index in [0.29, 0.717) is 55.0 Å². The Balaban J connectivity index is 1.47. The van der Waals surface area contributed by atoms with Crippen molar-refractivity contribution in [2.75, 3.05) is 26.9 Å². The van der Waals surface area contributed by atoms with E-state index in [-0.39, 0.29) is 5.91 Å². The molecule has 0 spiro atoms. The van der Waals surface area contributed by atoms with E-state index in [0.717, 1.165) is 22.4 Å². The number of benzene rings is 2. The molecule has 1 aliphatic rings. The second-order valence-electron chi connectivity index (χ2n) is 8.12. The molecule has 0 saturated carbocycles. The van der Waals surface area contributed by atoms with Crippen molar-refractivity contribution >= 4 is 29.3 Å². The molecule has 1 amide bonds. The number of hydrogen-bond donors (Lipinski definition) is 1. The van der Waals surface area contributed by atoms with Gasteiger partial charge in [0, 0.05) is 24.5 Å². The fourth-order valence-electron chi connectivity index (χ4n) is 4.01. The van der Waals surface area contributed by atoms with Crippen LogP contribution in [0.1, 0.15) is 30.5 Å². The zero-order valence-electron chi connectivity index (χ0n) is 20.7. The number of carbonyl (C=O) groups is 1. The number of carbonyl (C=O) groups excluding carboxylic acids is 1. The largest absolute Gasteiger partial charge is 0.496 e. The molecule has 0 bridgehead atoms.